The zero-order chi connectivity index (χ0) is 45.3. The third kappa shape index (κ3) is 10.3. The number of amides is 1. The minimum Gasteiger partial charge on any atom is -0.487 e. The van der Waals surface area contributed by atoms with E-state index in [0.717, 1.165) is 50.9 Å². The van der Waals surface area contributed by atoms with Crippen molar-refractivity contribution in [1.82, 2.24) is 19.1 Å². The maximum absolute atomic E-state index is 14.7. The molecule has 1 saturated heterocycles. The Kier molecular flexibility index (Phi) is 13.1. The Bertz CT molecular complexity index is 2620. The molecule has 1 fully saturated rings. The van der Waals surface area contributed by atoms with Gasteiger partial charge in [0.15, 0.2) is 0 Å². The van der Waals surface area contributed by atoms with Crippen molar-refractivity contribution in [3.05, 3.63) is 130 Å². The van der Waals surface area contributed by atoms with Crippen molar-refractivity contribution in [2.75, 3.05) is 13.1 Å². The van der Waals surface area contributed by atoms with Gasteiger partial charge in [0.2, 0.25) is 11.9 Å². The average molecular weight is 875 g/mol. The lowest BCUT2D eigenvalue weighted by Gasteiger charge is -2.46. The lowest BCUT2D eigenvalue weighted by molar-refractivity contribution is -0.147. The fourth-order valence-corrected chi connectivity index (χ4v) is 10.7. The van der Waals surface area contributed by atoms with Crippen molar-refractivity contribution < 1.29 is 27.5 Å². The van der Waals surface area contributed by atoms with Crippen LogP contribution in [0.2, 0.25) is 0 Å². The lowest BCUT2D eigenvalue weighted by Crippen LogP contribution is -2.61. The van der Waals surface area contributed by atoms with Gasteiger partial charge < -0.3 is 20.1 Å². The number of hydrogen-bond donors (Lipinski definition) is 2. The van der Waals surface area contributed by atoms with E-state index in [2.05, 4.69) is 26.7 Å². The van der Waals surface area contributed by atoms with Crippen LogP contribution in [0.4, 0.5) is 4.79 Å². The molecule has 0 spiro atoms. The highest BCUT2D eigenvalue weighted by Crippen LogP contribution is 2.43. The minimum atomic E-state index is -4.07. The number of carbonyl (C=O) groups excluding carboxylic acids is 2. The molecule has 2 atom stereocenters. The van der Waals surface area contributed by atoms with Crippen LogP contribution in [-0.2, 0) is 45.5 Å². The largest absolute Gasteiger partial charge is 0.487 e. The number of ether oxygens (including phenoxy) is 2. The first-order valence-corrected chi connectivity index (χ1v) is 23.4. The van der Waals surface area contributed by atoms with Gasteiger partial charge in [0.25, 0.3) is 10.0 Å². The van der Waals surface area contributed by atoms with Crippen molar-refractivity contribution in [2.24, 2.45) is 10.7 Å². The molecule has 3 N–H and O–H groups in total. The molecule has 0 aliphatic carbocycles. The molecule has 334 valence electrons. The van der Waals surface area contributed by atoms with Gasteiger partial charge in [-0.15, -0.1) is 0 Å². The fraction of sp³-hybridized carbons (Fsp3) is 0.420. The van der Waals surface area contributed by atoms with Crippen molar-refractivity contribution in [2.45, 2.75) is 129 Å². The molecule has 0 radical (unpaired) electrons. The maximum Gasteiger partial charge on any atom is 0.419 e. The smallest absolute Gasteiger partial charge is 0.419 e. The quantitative estimate of drug-likeness (QED) is 0.0682. The number of hydrogen-bond acceptors (Lipinski definition) is 8. The van der Waals surface area contributed by atoms with E-state index in [1.807, 2.05) is 132 Å². The van der Waals surface area contributed by atoms with Gasteiger partial charge in [-0.2, -0.15) is 0 Å². The highest BCUT2D eigenvalue weighted by atomic mass is 32.2. The Morgan fingerprint density at radius 2 is 1.54 bits per heavy atom. The molecule has 5 aromatic rings. The number of sulfonamides is 1. The van der Waals surface area contributed by atoms with Gasteiger partial charge >= 0.3 is 6.09 Å². The predicted octanol–water partition coefficient (Wildman–Crippen LogP) is 8.35. The number of para-hydroxylation sites is 1. The number of rotatable bonds is 13. The molecule has 63 heavy (non-hydrogen) atoms. The second-order valence-electron chi connectivity index (χ2n) is 18.7. The average Bonchev–Trinajstić information content (AvgIpc) is 3.77. The van der Waals surface area contributed by atoms with Crippen LogP contribution in [0.15, 0.2) is 101 Å². The van der Waals surface area contributed by atoms with E-state index in [9.17, 15) is 18.0 Å². The highest BCUT2D eigenvalue weighted by molar-refractivity contribution is 7.90. The molecule has 0 unspecified atom stereocenters. The van der Waals surface area contributed by atoms with E-state index in [1.54, 1.807) is 11.5 Å². The molecule has 2 aliphatic heterocycles. The Balaban J connectivity index is 1.13. The Morgan fingerprint density at radius 3 is 2.21 bits per heavy atom. The molecular weight excluding hydrogens is 813 g/mol. The zero-order valence-electron chi connectivity index (χ0n) is 37.9. The number of fused-ring (bicyclic) bond motifs is 2. The number of piperazine rings is 1. The third-order valence-corrected chi connectivity index (χ3v) is 13.8. The summed E-state index contributed by atoms with van der Waals surface area (Å²) in [5, 5.41) is 0.989. The number of carbonyl (C=O) groups is 2. The Morgan fingerprint density at radius 1 is 0.905 bits per heavy atom. The SMILES string of the molecule is Cc1c(C)c(S(=O)(=O)NC(N)=NCCC[C@H]2C(=O)N(Cc3ccccc3)C[C@@H](CCc3cn(C(=O)OC(C)(C)C)c4ccccc34)N2Cc2ccccc2)c(C)c2c1OC(C)(C)C2. The lowest BCUT2D eigenvalue weighted by atomic mass is 9.94. The van der Waals surface area contributed by atoms with Gasteiger partial charge in [-0.25, -0.2) is 17.9 Å². The van der Waals surface area contributed by atoms with Gasteiger partial charge in [0, 0.05) is 55.8 Å². The van der Waals surface area contributed by atoms with Crippen molar-refractivity contribution in [3.63, 3.8) is 0 Å². The summed E-state index contributed by atoms with van der Waals surface area (Å²) in [5.74, 6) is 0.591. The second kappa shape index (κ2) is 18.2. The summed E-state index contributed by atoms with van der Waals surface area (Å²) in [4.78, 5) is 37.0. The van der Waals surface area contributed by atoms with Gasteiger partial charge in [0.05, 0.1) is 16.5 Å². The molecule has 1 amide bonds. The van der Waals surface area contributed by atoms with Crippen LogP contribution in [0.1, 0.15) is 92.8 Å². The molecule has 3 heterocycles. The van der Waals surface area contributed by atoms with Crippen LogP contribution in [0.5, 0.6) is 5.75 Å². The summed E-state index contributed by atoms with van der Waals surface area (Å²) >= 11 is 0. The molecule has 0 bridgehead atoms. The molecule has 13 heteroatoms. The van der Waals surface area contributed by atoms with Gasteiger partial charge in [-0.1, -0.05) is 78.9 Å². The number of nitrogens with one attached hydrogen (secondary N) is 1. The number of aryl methyl sites for hydroxylation is 1. The number of aliphatic imine (C=N–C) groups is 1. The normalized spacial score (nSPS) is 18.1. The topological polar surface area (TPSA) is 149 Å². The number of nitrogens with two attached hydrogens (primary N) is 1. The van der Waals surface area contributed by atoms with Crippen LogP contribution < -0.4 is 15.2 Å². The van der Waals surface area contributed by atoms with Crippen molar-refractivity contribution in [1.29, 1.82) is 0 Å². The molecule has 12 nitrogen and oxygen atoms in total. The minimum absolute atomic E-state index is 0.0288. The summed E-state index contributed by atoms with van der Waals surface area (Å²) in [6.07, 6.45) is 4.43. The molecular formula is C50H62N6O6S. The number of aromatic nitrogens is 1. The van der Waals surface area contributed by atoms with E-state index < -0.39 is 33.4 Å². The Labute approximate surface area is 372 Å². The first-order valence-electron chi connectivity index (χ1n) is 21.9. The predicted molar refractivity (Wildman–Crippen MR) is 248 cm³/mol. The monoisotopic (exact) mass is 874 g/mol. The van der Waals surface area contributed by atoms with E-state index in [4.69, 9.17) is 15.2 Å². The summed E-state index contributed by atoms with van der Waals surface area (Å²) in [6.45, 7) is 16.8. The van der Waals surface area contributed by atoms with E-state index in [-0.39, 0.29) is 29.3 Å². The fourth-order valence-electron chi connectivity index (χ4n) is 9.17. The van der Waals surface area contributed by atoms with E-state index in [0.29, 0.717) is 56.4 Å². The summed E-state index contributed by atoms with van der Waals surface area (Å²) in [7, 11) is -4.07. The van der Waals surface area contributed by atoms with Gasteiger partial charge in [0.1, 0.15) is 17.0 Å². The number of guanidine groups is 1. The summed E-state index contributed by atoms with van der Waals surface area (Å²) in [6, 6.07) is 27.6. The Hall–Kier alpha value is -5.66. The number of nitrogens with zero attached hydrogens (tertiary/aromatic N) is 4. The number of benzene rings is 4. The molecule has 1 aromatic heterocycles. The van der Waals surface area contributed by atoms with Gasteiger partial charge in [-0.05, 0) is 121 Å². The van der Waals surface area contributed by atoms with Crippen molar-refractivity contribution in [3.8, 4) is 5.75 Å². The summed E-state index contributed by atoms with van der Waals surface area (Å²) in [5.41, 5.74) is 12.1. The van der Waals surface area contributed by atoms with Gasteiger partial charge in [-0.3, -0.25) is 19.3 Å². The maximum atomic E-state index is 14.7. The van der Waals surface area contributed by atoms with Crippen LogP contribution in [0.3, 0.4) is 0 Å². The first kappa shape index (κ1) is 45.4. The van der Waals surface area contributed by atoms with E-state index in [1.165, 1.54) is 0 Å². The highest BCUT2D eigenvalue weighted by Gasteiger charge is 2.41. The van der Waals surface area contributed by atoms with Crippen LogP contribution >= 0.6 is 0 Å². The molecule has 4 aromatic carbocycles. The third-order valence-electron chi connectivity index (χ3n) is 12.2. The standard InChI is InChI=1S/C50H62N6O6S/c1-33-34(2)45(35(3)41-28-50(7,8)61-44(33)41)63(59,60)53-47(51)52-27-17-24-43-46(57)54(29-36-18-11-9-12-19-36)32-39(55(43)30-37-20-13-10-14-21-37)26-25-38-31-56(48(58)62-49(4,5)6)42-23-16-15-22-40(38)42/h9-16,18-23,31,39,43H,17,24-30,32H2,1-8H3,(H3,51,52,53)/t39-,43+/m1/s1. The molecule has 7 rings (SSSR count). The summed E-state index contributed by atoms with van der Waals surface area (Å²) < 4.78 is 43.9. The van der Waals surface area contributed by atoms with Crippen LogP contribution in [-0.4, -0.2) is 77.1 Å². The second-order valence-corrected chi connectivity index (χ2v) is 20.3. The van der Waals surface area contributed by atoms with Crippen LogP contribution in [0, 0.1) is 20.8 Å². The molecule has 0 saturated carbocycles. The van der Waals surface area contributed by atoms with E-state index >= 15 is 0 Å². The first-order chi connectivity index (χ1) is 29.8. The molecule has 2 aliphatic rings. The zero-order valence-corrected chi connectivity index (χ0v) is 38.7. The van der Waals surface area contributed by atoms with Crippen LogP contribution in [0.25, 0.3) is 10.9 Å². The van der Waals surface area contributed by atoms with Crippen molar-refractivity contribution >= 4 is 38.9 Å².